The second-order valence-electron chi connectivity index (χ2n) is 6.62. The van der Waals surface area contributed by atoms with Gasteiger partial charge in [-0.2, -0.15) is 0 Å². The molecule has 0 saturated carbocycles. The molecule has 2 unspecified atom stereocenters. The van der Waals surface area contributed by atoms with Crippen LogP contribution in [0.5, 0.6) is 0 Å². The summed E-state index contributed by atoms with van der Waals surface area (Å²) in [6.07, 6.45) is 4.61. The molecule has 0 bridgehead atoms. The maximum Gasteiger partial charge on any atom is 0.317 e. The van der Waals surface area contributed by atoms with Crippen LogP contribution in [0, 0.1) is 12.8 Å². The molecule has 0 aliphatic carbocycles. The van der Waals surface area contributed by atoms with Crippen molar-refractivity contribution in [2.75, 3.05) is 13.1 Å². The molecule has 134 valence electrons. The molecule has 1 saturated heterocycles. The molecule has 0 spiro atoms. The van der Waals surface area contributed by atoms with Gasteiger partial charge in [-0.25, -0.2) is 9.78 Å². The maximum atomic E-state index is 12.5. The van der Waals surface area contributed by atoms with Gasteiger partial charge in [0.1, 0.15) is 11.9 Å². The summed E-state index contributed by atoms with van der Waals surface area (Å²) >= 11 is 0. The number of hydrogen-bond acceptors (Lipinski definition) is 4. The molecule has 3 rings (SSSR count). The monoisotopic (exact) mass is 343 g/mol. The average molecular weight is 343 g/mol. The standard InChI is InChI=1S/C18H25N5O2/c1-13-5-3-7-15(21-13)11-20-18(25)23-9-4-6-14(12-23)16(24)17-19-8-10-22(17)2/h3,5,7-8,10,14,16,24H,4,6,9,11-12H2,1-2H3,(H,20,25). The lowest BCUT2D eigenvalue weighted by molar-refractivity contribution is 0.0532. The summed E-state index contributed by atoms with van der Waals surface area (Å²) in [5.74, 6) is 0.647. The van der Waals surface area contributed by atoms with Crippen LogP contribution in [0.3, 0.4) is 0 Å². The molecule has 7 heteroatoms. The molecule has 2 atom stereocenters. The first-order valence-corrected chi connectivity index (χ1v) is 8.65. The Morgan fingerprint density at radius 3 is 3.04 bits per heavy atom. The Morgan fingerprint density at radius 1 is 1.48 bits per heavy atom. The molecule has 2 amide bonds. The Balaban J connectivity index is 1.57. The molecule has 7 nitrogen and oxygen atoms in total. The Bertz CT molecular complexity index is 730. The summed E-state index contributed by atoms with van der Waals surface area (Å²) in [6.45, 7) is 3.57. The second-order valence-corrected chi connectivity index (χ2v) is 6.62. The van der Waals surface area contributed by atoms with E-state index in [0.717, 1.165) is 24.2 Å². The zero-order valence-electron chi connectivity index (χ0n) is 14.7. The smallest absolute Gasteiger partial charge is 0.317 e. The summed E-state index contributed by atoms with van der Waals surface area (Å²) in [6, 6.07) is 5.65. The summed E-state index contributed by atoms with van der Waals surface area (Å²) < 4.78 is 1.83. The number of aryl methyl sites for hydroxylation is 2. The number of imidazole rings is 1. The zero-order valence-corrected chi connectivity index (χ0v) is 14.7. The van der Waals surface area contributed by atoms with Crippen LogP contribution in [0.2, 0.25) is 0 Å². The Morgan fingerprint density at radius 2 is 2.32 bits per heavy atom. The molecule has 1 fully saturated rings. The fourth-order valence-electron chi connectivity index (χ4n) is 3.30. The van der Waals surface area contributed by atoms with Gasteiger partial charge in [0.2, 0.25) is 0 Å². The highest BCUT2D eigenvalue weighted by Gasteiger charge is 2.31. The fraction of sp³-hybridized carbons (Fsp3) is 0.500. The predicted octanol–water partition coefficient (Wildman–Crippen LogP) is 1.78. The predicted molar refractivity (Wildman–Crippen MR) is 93.7 cm³/mol. The number of hydrogen-bond donors (Lipinski definition) is 2. The van der Waals surface area contributed by atoms with Gasteiger partial charge >= 0.3 is 6.03 Å². The van der Waals surface area contributed by atoms with Gasteiger partial charge in [-0.15, -0.1) is 0 Å². The van der Waals surface area contributed by atoms with Gasteiger partial charge in [0, 0.05) is 44.1 Å². The first kappa shape index (κ1) is 17.4. The molecular weight excluding hydrogens is 318 g/mol. The molecule has 0 aromatic carbocycles. The van der Waals surface area contributed by atoms with Crippen molar-refractivity contribution < 1.29 is 9.90 Å². The number of piperidine rings is 1. The topological polar surface area (TPSA) is 83.3 Å². The Kier molecular flexibility index (Phi) is 5.33. The average Bonchev–Trinajstić information content (AvgIpc) is 3.05. The number of pyridine rings is 1. The molecule has 0 radical (unpaired) electrons. The highest BCUT2D eigenvalue weighted by atomic mass is 16.3. The quantitative estimate of drug-likeness (QED) is 0.886. The Labute approximate surface area is 147 Å². The molecule has 3 heterocycles. The van der Waals surface area contributed by atoms with E-state index in [1.807, 2.05) is 42.9 Å². The minimum Gasteiger partial charge on any atom is -0.385 e. The van der Waals surface area contributed by atoms with Crippen molar-refractivity contribution in [3.8, 4) is 0 Å². The van der Waals surface area contributed by atoms with Crippen LogP contribution >= 0.6 is 0 Å². The highest BCUT2D eigenvalue weighted by molar-refractivity contribution is 5.74. The summed E-state index contributed by atoms with van der Waals surface area (Å²) in [4.78, 5) is 22.9. The van der Waals surface area contributed by atoms with E-state index >= 15 is 0 Å². The van der Waals surface area contributed by atoms with E-state index in [-0.39, 0.29) is 11.9 Å². The number of rotatable bonds is 4. The Hall–Kier alpha value is -2.41. The highest BCUT2D eigenvalue weighted by Crippen LogP contribution is 2.28. The summed E-state index contributed by atoms with van der Waals surface area (Å²) in [5, 5.41) is 13.5. The normalized spacial score (nSPS) is 18.8. The first-order chi connectivity index (χ1) is 12.0. The third-order valence-electron chi connectivity index (χ3n) is 4.68. The van der Waals surface area contributed by atoms with E-state index in [1.54, 1.807) is 11.1 Å². The number of nitrogens with zero attached hydrogens (tertiary/aromatic N) is 4. The third-order valence-corrected chi connectivity index (χ3v) is 4.68. The number of carbonyl (C=O) groups excluding carboxylic acids is 1. The molecule has 2 N–H and O–H groups in total. The first-order valence-electron chi connectivity index (χ1n) is 8.65. The minimum absolute atomic E-state index is 0.00213. The number of aliphatic hydroxyl groups is 1. The van der Waals surface area contributed by atoms with E-state index in [9.17, 15) is 9.90 Å². The van der Waals surface area contributed by atoms with Gasteiger partial charge < -0.3 is 19.9 Å². The van der Waals surface area contributed by atoms with E-state index in [1.165, 1.54) is 0 Å². The van der Waals surface area contributed by atoms with E-state index in [4.69, 9.17) is 0 Å². The number of amides is 2. The van der Waals surface area contributed by atoms with Gasteiger partial charge in [0.05, 0.1) is 12.2 Å². The van der Waals surface area contributed by atoms with Crippen LogP contribution in [-0.4, -0.2) is 43.7 Å². The molecule has 25 heavy (non-hydrogen) atoms. The number of aliphatic hydroxyl groups excluding tert-OH is 1. The maximum absolute atomic E-state index is 12.5. The van der Waals surface area contributed by atoms with Gasteiger partial charge in [-0.1, -0.05) is 6.07 Å². The van der Waals surface area contributed by atoms with Crippen LogP contribution < -0.4 is 5.32 Å². The van der Waals surface area contributed by atoms with E-state index in [2.05, 4.69) is 15.3 Å². The molecular formula is C18H25N5O2. The van der Waals surface area contributed by atoms with Gasteiger partial charge in [0.25, 0.3) is 0 Å². The fourth-order valence-corrected chi connectivity index (χ4v) is 3.30. The van der Waals surface area contributed by atoms with Gasteiger partial charge in [-0.3, -0.25) is 4.98 Å². The van der Waals surface area contributed by atoms with Gasteiger partial charge in [0.15, 0.2) is 0 Å². The molecule has 2 aromatic heterocycles. The van der Waals surface area contributed by atoms with Crippen molar-refractivity contribution in [1.82, 2.24) is 24.8 Å². The number of nitrogens with one attached hydrogen (secondary N) is 1. The largest absolute Gasteiger partial charge is 0.385 e. The van der Waals surface area contributed by atoms with Crippen molar-refractivity contribution in [2.24, 2.45) is 13.0 Å². The summed E-state index contributed by atoms with van der Waals surface area (Å²) in [5.41, 5.74) is 1.78. The number of aromatic nitrogens is 3. The molecule has 1 aliphatic rings. The number of urea groups is 1. The van der Waals surface area contributed by atoms with Gasteiger partial charge in [-0.05, 0) is 31.9 Å². The lowest BCUT2D eigenvalue weighted by Gasteiger charge is -2.34. The van der Waals surface area contributed by atoms with Crippen molar-refractivity contribution in [2.45, 2.75) is 32.4 Å². The van der Waals surface area contributed by atoms with Crippen LogP contribution in [0.15, 0.2) is 30.6 Å². The van der Waals surface area contributed by atoms with Crippen molar-refractivity contribution in [3.05, 3.63) is 47.8 Å². The molecule has 2 aromatic rings. The van der Waals surface area contributed by atoms with E-state index < -0.39 is 6.10 Å². The number of likely N-dealkylation sites (tertiary alicyclic amines) is 1. The van der Waals surface area contributed by atoms with Crippen LogP contribution in [0.25, 0.3) is 0 Å². The third kappa shape index (κ3) is 4.17. The number of carbonyl (C=O) groups is 1. The minimum atomic E-state index is -0.658. The zero-order chi connectivity index (χ0) is 17.8. The SMILES string of the molecule is Cc1cccc(CNC(=O)N2CCCC(C(O)c3nccn3C)C2)n1. The summed E-state index contributed by atoms with van der Waals surface area (Å²) in [7, 11) is 1.87. The van der Waals surface area contributed by atoms with Crippen LogP contribution in [0.1, 0.15) is 36.2 Å². The van der Waals surface area contributed by atoms with Crippen LogP contribution in [0.4, 0.5) is 4.79 Å². The van der Waals surface area contributed by atoms with Crippen molar-refractivity contribution in [3.63, 3.8) is 0 Å². The van der Waals surface area contributed by atoms with Crippen molar-refractivity contribution >= 4 is 6.03 Å². The van der Waals surface area contributed by atoms with Crippen LogP contribution in [-0.2, 0) is 13.6 Å². The van der Waals surface area contributed by atoms with E-state index in [0.29, 0.717) is 25.5 Å². The lowest BCUT2D eigenvalue weighted by atomic mass is 9.92. The van der Waals surface area contributed by atoms with Crippen molar-refractivity contribution in [1.29, 1.82) is 0 Å². The molecule has 1 aliphatic heterocycles. The second kappa shape index (κ2) is 7.65. The lowest BCUT2D eigenvalue weighted by Crippen LogP contribution is -2.46.